The summed E-state index contributed by atoms with van der Waals surface area (Å²) in [4.78, 5) is 27.5. The number of halogens is 1. The van der Waals surface area contributed by atoms with Gasteiger partial charge in [0.2, 0.25) is 0 Å². The maximum absolute atomic E-state index is 13.0. The van der Waals surface area contributed by atoms with Crippen LogP contribution in [0.5, 0.6) is 11.5 Å². The van der Waals surface area contributed by atoms with Crippen LogP contribution in [0.1, 0.15) is 5.56 Å². The number of hydrogen-bond donors (Lipinski definition) is 2. The molecule has 9 heteroatoms. The highest BCUT2D eigenvalue weighted by Crippen LogP contribution is 2.32. The fourth-order valence-electron chi connectivity index (χ4n) is 2.30. The molecule has 1 fully saturated rings. The Morgan fingerprint density at radius 2 is 2.00 bits per heavy atom. The first-order chi connectivity index (χ1) is 13.4. The van der Waals surface area contributed by atoms with Crippen molar-refractivity contribution in [1.29, 1.82) is 0 Å². The first-order valence-corrected chi connectivity index (χ1v) is 8.84. The summed E-state index contributed by atoms with van der Waals surface area (Å²) in [5, 5.41) is 11.7. The van der Waals surface area contributed by atoms with Gasteiger partial charge in [-0.1, -0.05) is 6.07 Å². The molecule has 1 aliphatic heterocycles. The summed E-state index contributed by atoms with van der Waals surface area (Å²) >= 11 is 1.15. The van der Waals surface area contributed by atoms with Gasteiger partial charge < -0.3 is 19.9 Å². The molecule has 28 heavy (non-hydrogen) atoms. The Bertz CT molecular complexity index is 973. The van der Waals surface area contributed by atoms with Crippen LogP contribution in [0.3, 0.4) is 0 Å². The second kappa shape index (κ2) is 8.57. The third-order valence-electron chi connectivity index (χ3n) is 3.54. The summed E-state index contributed by atoms with van der Waals surface area (Å²) in [6, 6.07) is 10.5. The third kappa shape index (κ3) is 4.89. The number of aliphatic imine (C=N–C) groups is 1. The summed E-state index contributed by atoms with van der Waals surface area (Å²) in [5.74, 6) is -1.14. The number of aliphatic carboxylic acids is 1. The summed E-state index contributed by atoms with van der Waals surface area (Å²) < 4.78 is 23.3. The fourth-order valence-corrected chi connectivity index (χ4v) is 3.14. The molecule has 0 aliphatic carbocycles. The minimum Gasteiger partial charge on any atom is -0.493 e. The van der Waals surface area contributed by atoms with E-state index in [0.29, 0.717) is 27.1 Å². The topological polar surface area (TPSA) is 97.2 Å². The maximum atomic E-state index is 13.0. The van der Waals surface area contributed by atoms with Gasteiger partial charge in [0.05, 0.1) is 17.7 Å². The van der Waals surface area contributed by atoms with E-state index in [1.165, 1.54) is 31.4 Å². The predicted octanol–water partition coefficient (Wildman–Crippen LogP) is 3.19. The van der Waals surface area contributed by atoms with Crippen molar-refractivity contribution in [2.45, 2.75) is 0 Å². The number of nitrogens with one attached hydrogen (secondary N) is 1. The molecule has 2 aromatic rings. The van der Waals surface area contributed by atoms with Crippen molar-refractivity contribution in [2.75, 3.05) is 13.7 Å². The zero-order valence-electron chi connectivity index (χ0n) is 14.6. The van der Waals surface area contributed by atoms with Gasteiger partial charge in [0, 0.05) is 0 Å². The molecule has 2 N–H and O–H groups in total. The number of rotatable bonds is 6. The van der Waals surface area contributed by atoms with Crippen molar-refractivity contribution < 1.29 is 28.6 Å². The number of carboxylic acid groups (broad SMARTS) is 1. The van der Waals surface area contributed by atoms with Crippen molar-refractivity contribution in [3.05, 3.63) is 58.8 Å². The smallest absolute Gasteiger partial charge is 0.341 e. The average molecular weight is 402 g/mol. The summed E-state index contributed by atoms with van der Waals surface area (Å²) in [7, 11) is 1.43. The molecule has 0 unspecified atom stereocenters. The second-order valence-electron chi connectivity index (χ2n) is 5.55. The number of benzene rings is 2. The predicted molar refractivity (Wildman–Crippen MR) is 103 cm³/mol. The largest absolute Gasteiger partial charge is 0.493 e. The van der Waals surface area contributed by atoms with Gasteiger partial charge in [-0.2, -0.15) is 0 Å². The van der Waals surface area contributed by atoms with E-state index in [-0.39, 0.29) is 17.5 Å². The normalized spacial score (nSPS) is 16.3. The van der Waals surface area contributed by atoms with E-state index in [1.807, 2.05) is 0 Å². The molecule has 0 saturated carbocycles. The average Bonchev–Trinajstić information content (AvgIpc) is 3.01. The van der Waals surface area contributed by atoms with Crippen LogP contribution in [0.2, 0.25) is 0 Å². The summed E-state index contributed by atoms with van der Waals surface area (Å²) in [5.41, 5.74) is 1.19. The number of hydrogen-bond acceptors (Lipinski definition) is 6. The molecule has 0 radical (unpaired) electrons. The number of carbonyl (C=O) groups excluding carboxylic acids is 1. The van der Waals surface area contributed by atoms with Crippen LogP contribution in [-0.4, -0.2) is 35.9 Å². The van der Waals surface area contributed by atoms with Crippen molar-refractivity contribution in [1.82, 2.24) is 5.32 Å². The number of amidine groups is 1. The molecule has 0 bridgehead atoms. The van der Waals surface area contributed by atoms with Gasteiger partial charge in [-0.15, -0.1) is 0 Å². The molecule has 144 valence electrons. The van der Waals surface area contributed by atoms with Crippen molar-refractivity contribution in [3.8, 4) is 11.5 Å². The Hall–Kier alpha value is -3.33. The fraction of sp³-hybridized carbons (Fsp3) is 0.105. The highest BCUT2D eigenvalue weighted by Gasteiger charge is 2.24. The molecule has 0 aromatic heterocycles. The molecule has 3 rings (SSSR count). The van der Waals surface area contributed by atoms with E-state index in [4.69, 9.17) is 14.6 Å². The van der Waals surface area contributed by atoms with Gasteiger partial charge in [0.1, 0.15) is 5.82 Å². The first kappa shape index (κ1) is 19.4. The first-order valence-electron chi connectivity index (χ1n) is 8.02. The van der Waals surface area contributed by atoms with Crippen LogP contribution < -0.4 is 14.8 Å². The van der Waals surface area contributed by atoms with E-state index >= 15 is 0 Å². The SMILES string of the molecule is COc1cc(/C=C2\SC(=Nc3ccc(F)cc3)NC2=O)ccc1OCC(=O)O. The van der Waals surface area contributed by atoms with Crippen LogP contribution in [-0.2, 0) is 9.59 Å². The number of amides is 1. The second-order valence-corrected chi connectivity index (χ2v) is 6.58. The number of carboxylic acids is 1. The van der Waals surface area contributed by atoms with Crippen LogP contribution >= 0.6 is 11.8 Å². The Morgan fingerprint density at radius 1 is 1.25 bits per heavy atom. The Balaban J connectivity index is 1.78. The van der Waals surface area contributed by atoms with Gasteiger partial charge >= 0.3 is 5.97 Å². The van der Waals surface area contributed by atoms with Gasteiger partial charge in [0.15, 0.2) is 23.3 Å². The standard InChI is InChI=1S/C19H15FN2O5S/c1-26-15-8-11(2-7-14(15)27-10-17(23)24)9-16-18(25)22-19(28-16)21-13-5-3-12(20)4-6-13/h2-9H,10H2,1H3,(H,23,24)(H,21,22,25)/b16-9-. The van der Waals surface area contributed by atoms with Gasteiger partial charge in [-0.3, -0.25) is 4.79 Å². The zero-order valence-corrected chi connectivity index (χ0v) is 15.5. The summed E-state index contributed by atoms with van der Waals surface area (Å²) in [6.07, 6.45) is 1.65. The lowest BCUT2D eigenvalue weighted by atomic mass is 10.2. The molecular weight excluding hydrogens is 387 g/mol. The van der Waals surface area contributed by atoms with Crippen molar-refractivity contribution in [3.63, 3.8) is 0 Å². The molecule has 0 atom stereocenters. The van der Waals surface area contributed by atoms with Crippen LogP contribution in [0.15, 0.2) is 52.4 Å². The molecule has 2 aromatic carbocycles. The highest BCUT2D eigenvalue weighted by molar-refractivity contribution is 8.18. The quantitative estimate of drug-likeness (QED) is 0.721. The van der Waals surface area contributed by atoms with E-state index < -0.39 is 12.6 Å². The van der Waals surface area contributed by atoms with E-state index in [0.717, 1.165) is 11.8 Å². The number of thioether (sulfide) groups is 1. The van der Waals surface area contributed by atoms with E-state index in [2.05, 4.69) is 10.3 Å². The van der Waals surface area contributed by atoms with Crippen LogP contribution in [0, 0.1) is 5.82 Å². The summed E-state index contributed by atoms with van der Waals surface area (Å²) in [6.45, 7) is -0.488. The van der Waals surface area contributed by atoms with Crippen LogP contribution in [0.25, 0.3) is 6.08 Å². The molecule has 1 saturated heterocycles. The lowest BCUT2D eigenvalue weighted by Crippen LogP contribution is -2.19. The minimum absolute atomic E-state index is 0.286. The Kier molecular flexibility index (Phi) is 5.95. The Morgan fingerprint density at radius 3 is 2.68 bits per heavy atom. The molecule has 0 spiro atoms. The molecule has 1 heterocycles. The number of ether oxygens (including phenoxy) is 2. The Labute approximate surface area is 163 Å². The minimum atomic E-state index is -1.10. The highest BCUT2D eigenvalue weighted by atomic mass is 32.2. The zero-order chi connectivity index (χ0) is 20.1. The molecule has 1 amide bonds. The van der Waals surface area contributed by atoms with Crippen molar-refractivity contribution >= 4 is 40.6 Å². The molecule has 1 aliphatic rings. The van der Waals surface area contributed by atoms with Crippen LogP contribution in [0.4, 0.5) is 10.1 Å². The van der Waals surface area contributed by atoms with Crippen molar-refractivity contribution in [2.24, 2.45) is 4.99 Å². The van der Waals surface area contributed by atoms with E-state index in [9.17, 15) is 14.0 Å². The third-order valence-corrected chi connectivity index (χ3v) is 4.45. The lowest BCUT2D eigenvalue weighted by molar-refractivity contribution is -0.139. The number of nitrogens with zero attached hydrogens (tertiary/aromatic N) is 1. The van der Waals surface area contributed by atoms with E-state index in [1.54, 1.807) is 24.3 Å². The van der Waals surface area contributed by atoms with Gasteiger partial charge in [-0.05, 0) is 59.8 Å². The molecular formula is C19H15FN2O5S. The van der Waals surface area contributed by atoms with Gasteiger partial charge in [0.25, 0.3) is 5.91 Å². The maximum Gasteiger partial charge on any atom is 0.341 e. The molecule has 7 nitrogen and oxygen atoms in total. The van der Waals surface area contributed by atoms with Gasteiger partial charge in [-0.25, -0.2) is 14.2 Å². The number of methoxy groups -OCH3 is 1. The lowest BCUT2D eigenvalue weighted by Gasteiger charge is -2.09. The monoisotopic (exact) mass is 402 g/mol. The number of carbonyl (C=O) groups is 2.